The van der Waals surface area contributed by atoms with Gasteiger partial charge in [-0.2, -0.15) is 0 Å². The molecule has 0 unspecified atom stereocenters. The van der Waals surface area contributed by atoms with E-state index >= 15 is 0 Å². The van der Waals surface area contributed by atoms with Gasteiger partial charge in [0.25, 0.3) is 6.71 Å². The Labute approximate surface area is 448 Å². The maximum atomic E-state index is 2.75. The van der Waals surface area contributed by atoms with Gasteiger partial charge in [-0.3, -0.25) is 0 Å². The normalized spacial score (nSPS) is 18.2. The fourth-order valence-corrected chi connectivity index (χ4v) is 15.1. The average Bonchev–Trinajstić information content (AvgIpc) is 3.72. The quantitative estimate of drug-likeness (QED) is 0.163. The van der Waals surface area contributed by atoms with Gasteiger partial charge in [0.2, 0.25) is 0 Å². The zero-order valence-electron chi connectivity index (χ0n) is 47.8. The lowest BCUT2D eigenvalue weighted by Crippen LogP contribution is -2.62. The van der Waals surface area contributed by atoms with E-state index in [4.69, 9.17) is 0 Å². The number of nitrogens with zero attached hydrogens (tertiary/aromatic N) is 2. The van der Waals surface area contributed by atoms with Crippen LogP contribution in [0, 0.1) is 0 Å². The summed E-state index contributed by atoms with van der Waals surface area (Å²) in [5, 5.41) is 2.79. The van der Waals surface area contributed by atoms with Crippen LogP contribution in [0.3, 0.4) is 0 Å². The highest BCUT2D eigenvalue weighted by Gasteiger charge is 2.49. The molecule has 2 nitrogen and oxygen atoms in total. The van der Waals surface area contributed by atoms with Crippen molar-refractivity contribution in [2.45, 2.75) is 181 Å². The molecule has 0 fully saturated rings. The molecule has 0 saturated carbocycles. The van der Waals surface area contributed by atoms with Crippen molar-refractivity contribution >= 4 is 88.7 Å². The van der Waals surface area contributed by atoms with Gasteiger partial charge in [0.15, 0.2) is 0 Å². The van der Waals surface area contributed by atoms with Crippen molar-refractivity contribution in [3.8, 4) is 11.1 Å². The van der Waals surface area contributed by atoms with E-state index in [2.05, 4.69) is 249 Å². The third kappa shape index (κ3) is 7.44. The molecule has 0 amide bonds. The molecule has 4 aliphatic rings. The smallest absolute Gasteiger partial charge is 0.254 e. The summed E-state index contributed by atoms with van der Waals surface area (Å²) in [6.07, 6.45) is 4.70. The Hall–Kier alpha value is -5.58. The van der Waals surface area contributed by atoms with Crippen LogP contribution >= 0.6 is 11.3 Å². The van der Waals surface area contributed by atoms with E-state index in [0.717, 1.165) is 0 Å². The molecule has 0 bridgehead atoms. The summed E-state index contributed by atoms with van der Waals surface area (Å²) in [5.74, 6) is 0. The maximum absolute atomic E-state index is 2.75. The molecule has 378 valence electrons. The molecular weight excluding hydrogens is 912 g/mol. The van der Waals surface area contributed by atoms with E-state index < -0.39 is 0 Å². The second-order valence-corrected chi connectivity index (χ2v) is 29.8. The van der Waals surface area contributed by atoms with Gasteiger partial charge in [-0.05, 0) is 179 Å². The first kappa shape index (κ1) is 49.3. The fourth-order valence-electron chi connectivity index (χ4n) is 13.8. The number of rotatable bonds is 3. The Morgan fingerprint density at radius 2 is 1.03 bits per heavy atom. The Kier molecular flexibility index (Phi) is 10.7. The van der Waals surface area contributed by atoms with Crippen LogP contribution in [-0.2, 0) is 37.9 Å². The van der Waals surface area contributed by atoms with Crippen molar-refractivity contribution in [1.29, 1.82) is 0 Å². The highest BCUT2D eigenvalue weighted by Crippen LogP contribution is 2.55. The van der Waals surface area contributed by atoms with Crippen LogP contribution in [0.2, 0.25) is 0 Å². The van der Waals surface area contributed by atoms with Crippen molar-refractivity contribution in [2.75, 3.05) is 9.80 Å². The highest BCUT2D eigenvalue weighted by molar-refractivity contribution is 7.28. The second kappa shape index (κ2) is 16.0. The maximum Gasteiger partial charge on any atom is 0.254 e. The fraction of sp³-hybridized carbons (Fsp3) is 0.400. The summed E-state index contributed by atoms with van der Waals surface area (Å²) in [6.45, 7) is 41.3. The standard InChI is InChI=1S/C70H79BN2S/c1-64(2,3)43-26-30-54(47(36-43)42-22-19-18-20-23-42)73-55-31-28-46-60-49(66(7,8)9)24-21-25-59(60)74-63(46)62(55)71-53-40-51-52(70(16,17)35-34-69(51,14)15)41-56(53)72(57-37-44(65(4,5)6)38-58(73)61(57)71)45-27-29-48-50(39-45)68(12,13)33-32-67(48,10)11/h18-31,36-41H,32-35H2,1-17H3. The summed E-state index contributed by atoms with van der Waals surface area (Å²) < 4.78 is 2.77. The van der Waals surface area contributed by atoms with Crippen molar-refractivity contribution in [2.24, 2.45) is 0 Å². The molecule has 0 spiro atoms. The first-order valence-corrected chi connectivity index (χ1v) is 28.7. The van der Waals surface area contributed by atoms with Gasteiger partial charge in [0, 0.05) is 54.2 Å². The number of hydrogen-bond donors (Lipinski definition) is 0. The van der Waals surface area contributed by atoms with Gasteiger partial charge in [0.1, 0.15) is 0 Å². The minimum atomic E-state index is -0.139. The second-order valence-electron chi connectivity index (χ2n) is 28.8. The molecule has 2 aliphatic carbocycles. The third-order valence-electron chi connectivity index (χ3n) is 18.6. The number of thiophene rings is 1. The van der Waals surface area contributed by atoms with Crippen LogP contribution in [0.5, 0.6) is 0 Å². The first-order valence-electron chi connectivity index (χ1n) is 27.9. The molecule has 74 heavy (non-hydrogen) atoms. The van der Waals surface area contributed by atoms with Gasteiger partial charge in [-0.15, -0.1) is 11.3 Å². The van der Waals surface area contributed by atoms with E-state index in [1.165, 1.54) is 146 Å². The molecule has 0 saturated heterocycles. The summed E-state index contributed by atoms with van der Waals surface area (Å²) in [6, 6.07) is 48.9. The van der Waals surface area contributed by atoms with Gasteiger partial charge in [-0.25, -0.2) is 0 Å². The molecule has 1 aromatic heterocycles. The predicted molar refractivity (Wildman–Crippen MR) is 325 cm³/mol. The minimum absolute atomic E-state index is 0.0190. The molecular formula is C70H79BN2S. The summed E-state index contributed by atoms with van der Waals surface area (Å²) >= 11 is 2.02. The Balaban J connectivity index is 1.28. The molecule has 12 rings (SSSR count). The zero-order valence-corrected chi connectivity index (χ0v) is 48.6. The van der Waals surface area contributed by atoms with Crippen molar-refractivity contribution in [1.82, 2.24) is 0 Å². The van der Waals surface area contributed by atoms with Crippen LogP contribution in [0.1, 0.15) is 182 Å². The Morgan fingerprint density at radius 1 is 0.446 bits per heavy atom. The Bertz CT molecular complexity index is 3630. The molecule has 4 heteroatoms. The van der Waals surface area contributed by atoms with Crippen LogP contribution < -0.4 is 26.2 Å². The van der Waals surface area contributed by atoms with E-state index in [9.17, 15) is 0 Å². The van der Waals surface area contributed by atoms with Gasteiger partial charge in [-0.1, -0.05) is 184 Å². The van der Waals surface area contributed by atoms with E-state index in [1.54, 1.807) is 0 Å². The van der Waals surface area contributed by atoms with E-state index in [0.29, 0.717) is 0 Å². The molecule has 3 heterocycles. The highest BCUT2D eigenvalue weighted by atomic mass is 32.1. The number of benzene rings is 7. The minimum Gasteiger partial charge on any atom is -0.311 e. The SMILES string of the molecule is CC(C)(C)c1ccc(N2c3cc(C(C)(C)C)cc4c3B(c3cc5c(cc3N4c3ccc4c(c3)C(C)(C)CCC4(C)C)C(C)(C)CCC5(C)C)c3c2ccc2c3sc3cccc(C(C)(C)C)c32)c(-c2ccccc2)c1. The molecule has 0 radical (unpaired) electrons. The average molecular weight is 991 g/mol. The molecule has 8 aromatic rings. The lowest BCUT2D eigenvalue weighted by Gasteiger charge is -2.48. The van der Waals surface area contributed by atoms with Crippen LogP contribution in [0.25, 0.3) is 31.3 Å². The Morgan fingerprint density at radius 3 is 1.65 bits per heavy atom. The number of fused-ring (bicyclic) bond motifs is 10. The predicted octanol–water partition coefficient (Wildman–Crippen LogP) is 18.4. The first-order chi connectivity index (χ1) is 34.6. The molecule has 7 aromatic carbocycles. The van der Waals surface area contributed by atoms with Crippen molar-refractivity contribution < 1.29 is 0 Å². The number of anilines is 6. The lowest BCUT2D eigenvalue weighted by molar-refractivity contribution is 0.332. The summed E-state index contributed by atoms with van der Waals surface area (Å²) in [7, 11) is 0. The van der Waals surface area contributed by atoms with Crippen LogP contribution in [0.4, 0.5) is 34.1 Å². The van der Waals surface area contributed by atoms with Crippen molar-refractivity contribution in [3.63, 3.8) is 0 Å². The van der Waals surface area contributed by atoms with Crippen LogP contribution in [0.15, 0.2) is 121 Å². The lowest BCUT2D eigenvalue weighted by atomic mass is 9.33. The van der Waals surface area contributed by atoms with Crippen molar-refractivity contribution in [3.05, 3.63) is 160 Å². The summed E-state index contributed by atoms with van der Waals surface area (Å²) in [5.41, 5.74) is 24.6. The van der Waals surface area contributed by atoms with Gasteiger partial charge < -0.3 is 9.80 Å². The third-order valence-corrected chi connectivity index (χ3v) is 19.8. The largest absolute Gasteiger partial charge is 0.311 e. The summed E-state index contributed by atoms with van der Waals surface area (Å²) in [4.78, 5) is 5.47. The van der Waals surface area contributed by atoms with E-state index in [-0.39, 0.29) is 44.6 Å². The molecule has 0 N–H and O–H groups in total. The van der Waals surface area contributed by atoms with E-state index in [1.807, 2.05) is 11.3 Å². The van der Waals surface area contributed by atoms with Crippen LogP contribution in [-0.4, -0.2) is 6.71 Å². The monoisotopic (exact) mass is 991 g/mol. The zero-order chi connectivity index (χ0) is 52.6. The van der Waals surface area contributed by atoms with Gasteiger partial charge in [0.05, 0.1) is 5.69 Å². The topological polar surface area (TPSA) is 6.48 Å². The molecule has 2 aliphatic heterocycles. The van der Waals surface area contributed by atoms with Gasteiger partial charge >= 0.3 is 0 Å². The number of hydrogen-bond acceptors (Lipinski definition) is 3. The molecule has 0 atom stereocenters.